The minimum absolute atomic E-state index is 2.00. The lowest BCUT2D eigenvalue weighted by molar-refractivity contribution is 0.485. The van der Waals surface area contributed by atoms with Gasteiger partial charge in [0.2, 0.25) is 13.4 Å². The molecule has 0 aromatic carbocycles. The van der Waals surface area contributed by atoms with Crippen LogP contribution < -0.4 is 10.4 Å². The van der Waals surface area contributed by atoms with E-state index in [0.29, 0.717) is 0 Å². The highest BCUT2D eigenvalue weighted by atomic mass is 31.2. The highest BCUT2D eigenvalue weighted by Crippen LogP contribution is 2.05. The van der Waals surface area contributed by atoms with Crippen molar-refractivity contribution in [1.82, 2.24) is 4.91 Å². The summed E-state index contributed by atoms with van der Waals surface area (Å²) in [7, 11) is -2.12. The summed E-state index contributed by atoms with van der Waals surface area (Å²) in [6.45, 7) is 0. The molecule has 42 valence electrons. The summed E-state index contributed by atoms with van der Waals surface area (Å²) in [6, 6.07) is 0. The molecule has 0 amide bonds. The zero-order valence-electron chi connectivity index (χ0n) is 3.37. The Kier molecular flexibility index (Phi) is 12.8. The van der Waals surface area contributed by atoms with Gasteiger partial charge in [-0.2, -0.15) is 0 Å². The number of rotatable bonds is 0. The van der Waals surface area contributed by atoms with Gasteiger partial charge in [-0.15, -0.1) is 0 Å². The minimum Gasteiger partial charge on any atom is -0.338 e. The Balaban J connectivity index is 0. The Labute approximate surface area is 41.0 Å². The highest BCUT2D eigenvalue weighted by molar-refractivity contribution is 7.42. The first-order valence-electron chi connectivity index (χ1n) is 1.11. The fourth-order valence-corrected chi connectivity index (χ4v) is 0. The lowest BCUT2D eigenvalue weighted by Gasteiger charge is -1.79. The third-order valence-corrected chi connectivity index (χ3v) is 0. The zero-order chi connectivity index (χ0) is 6.28. The number of nitrogens with two attached hydrogens (primary N) is 1. The van der Waals surface area contributed by atoms with Gasteiger partial charge in [-0.1, -0.05) is 0 Å². The van der Waals surface area contributed by atoms with E-state index in [1.807, 2.05) is 4.91 Å². The zero-order valence-corrected chi connectivity index (χ0v) is 4.26. The molecule has 0 radical (unpaired) electrons. The maximum atomic E-state index is 7.45. The molecule has 0 rings (SSSR count). The fraction of sp³-hybridized carbons (Fsp3) is 0. The van der Waals surface area contributed by atoms with Gasteiger partial charge in [0, 0.05) is 0 Å². The van der Waals surface area contributed by atoms with Gasteiger partial charge in [0.1, 0.15) is 11.1 Å². The monoisotopic (exact) mass is 125 g/mol. The molecular weight excluding hydrogens is 119 g/mol. The van der Waals surface area contributed by atoms with Gasteiger partial charge in [0.05, 0.1) is 0 Å². The summed E-state index contributed by atoms with van der Waals surface area (Å²) in [5.41, 5.74) is 15.3. The first-order valence-corrected chi connectivity index (χ1v) is 2.42. The highest BCUT2D eigenvalue weighted by Gasteiger charge is 1.72. The second-order valence-electron chi connectivity index (χ2n) is 0.432. The van der Waals surface area contributed by atoms with Crippen molar-refractivity contribution >= 4 is 8.53 Å². The van der Waals surface area contributed by atoms with Crippen molar-refractivity contribution in [3.8, 4) is 0 Å². The summed E-state index contributed by atoms with van der Waals surface area (Å²) in [6.07, 6.45) is 0. The number of hydrogen-bond donors (Lipinski definition) is 5. The molecule has 0 aromatic heterocycles. The van der Waals surface area contributed by atoms with Crippen LogP contribution in [0.5, 0.6) is 0 Å². The van der Waals surface area contributed by atoms with Crippen LogP contribution in [0.2, 0.25) is 0 Å². The molecular formula is H6N4O2P+. The summed E-state index contributed by atoms with van der Waals surface area (Å²) in [4.78, 5) is 16.9. The average molecular weight is 125 g/mol. The van der Waals surface area contributed by atoms with E-state index in [1.165, 1.54) is 0 Å². The van der Waals surface area contributed by atoms with Crippen LogP contribution in [-0.4, -0.2) is 9.79 Å². The largest absolute Gasteiger partial charge is 0.338 e. The van der Waals surface area contributed by atoms with Crippen molar-refractivity contribution in [2.75, 3.05) is 0 Å². The van der Waals surface area contributed by atoms with Crippen LogP contribution in [-0.2, 0) is 0 Å². The molecule has 0 heterocycles. The molecule has 0 saturated carbocycles. The third-order valence-electron chi connectivity index (χ3n) is 0. The van der Waals surface area contributed by atoms with Crippen molar-refractivity contribution in [3.05, 3.63) is 0 Å². The Morgan fingerprint density at radius 2 is 1.43 bits per heavy atom. The van der Waals surface area contributed by atoms with Crippen molar-refractivity contribution in [1.29, 1.82) is 11.1 Å². The molecule has 0 unspecified atom stereocenters. The van der Waals surface area contributed by atoms with E-state index >= 15 is 0 Å². The minimum atomic E-state index is -2.12. The fourth-order valence-electron chi connectivity index (χ4n) is 0. The Hall–Kier alpha value is -0.380. The van der Waals surface area contributed by atoms with Crippen LogP contribution in [0.15, 0.2) is 0 Å². The Morgan fingerprint density at radius 3 is 1.43 bits per heavy atom. The van der Waals surface area contributed by atoms with E-state index in [0.717, 1.165) is 0 Å². The predicted octanol–water partition coefficient (Wildman–Crippen LogP) is -0.728. The normalized spacial score (nSPS) is 6.29. The molecule has 0 atom stereocenters. The maximum Gasteiger partial charge on any atom is 0.247 e. The quantitative estimate of drug-likeness (QED) is 0.166. The molecule has 0 aliphatic heterocycles. The van der Waals surface area contributed by atoms with Gasteiger partial charge < -0.3 is 9.79 Å². The van der Waals surface area contributed by atoms with Crippen LogP contribution in [0.4, 0.5) is 0 Å². The molecule has 0 fully saturated rings. The van der Waals surface area contributed by atoms with Crippen LogP contribution in [0, 0.1) is 11.1 Å². The van der Waals surface area contributed by atoms with Gasteiger partial charge in [-0.25, -0.2) is 0 Å². The summed E-state index contributed by atoms with van der Waals surface area (Å²) >= 11 is 0. The summed E-state index contributed by atoms with van der Waals surface area (Å²) < 4.78 is 0. The second kappa shape index (κ2) is 9.15. The van der Waals surface area contributed by atoms with E-state index in [1.54, 1.807) is 0 Å². The third kappa shape index (κ3) is 510. The number of hydrogen-bond acceptors (Lipinski definition) is 5. The average Bonchev–Trinajstić information content (AvgIpc) is 1.33. The van der Waals surface area contributed by atoms with Crippen LogP contribution in [0.25, 0.3) is 0 Å². The van der Waals surface area contributed by atoms with Gasteiger partial charge >= 0.3 is 0 Å². The van der Waals surface area contributed by atoms with Gasteiger partial charge in [-0.05, 0) is 0 Å². The first kappa shape index (κ1) is 9.80. The summed E-state index contributed by atoms with van der Waals surface area (Å²) in [5.74, 6) is 0. The molecule has 0 aliphatic rings. The van der Waals surface area contributed by atoms with Crippen molar-refractivity contribution in [2.45, 2.75) is 0 Å². The predicted molar refractivity (Wildman–Crippen MR) is 23.1 cm³/mol. The molecule has 0 aromatic rings. The van der Waals surface area contributed by atoms with Crippen LogP contribution >= 0.6 is 8.53 Å². The lowest BCUT2D eigenvalue weighted by atomic mass is 13.0. The van der Waals surface area contributed by atoms with E-state index in [9.17, 15) is 0 Å². The maximum absolute atomic E-state index is 7.45. The van der Waals surface area contributed by atoms with Gasteiger partial charge in [-0.3, -0.25) is 5.50 Å². The first-order chi connectivity index (χ1) is 3.15. The molecule has 7 heteroatoms. The molecule has 7 heavy (non-hydrogen) atoms. The van der Waals surface area contributed by atoms with E-state index in [2.05, 4.69) is 5.50 Å². The van der Waals surface area contributed by atoms with Crippen molar-refractivity contribution in [2.24, 2.45) is 5.50 Å². The standard InChI is InChI=1S/H2N3.H4NO2P/c1-3-2;1-4(2)3/h1-2H;2-3H,1H2/q+1;. The van der Waals surface area contributed by atoms with Crippen LogP contribution in [0.3, 0.4) is 0 Å². The van der Waals surface area contributed by atoms with E-state index in [-0.39, 0.29) is 0 Å². The van der Waals surface area contributed by atoms with E-state index < -0.39 is 8.53 Å². The molecule has 0 aliphatic carbocycles. The smallest absolute Gasteiger partial charge is 0.247 e. The van der Waals surface area contributed by atoms with Crippen molar-refractivity contribution in [3.63, 3.8) is 0 Å². The molecule has 0 saturated heterocycles. The molecule has 6 N–H and O–H groups in total. The second-order valence-corrected chi connectivity index (χ2v) is 1.07. The SMILES string of the molecule is N=[N+]=N.NP(O)O. The Bertz CT molecular complexity index is 52.0. The summed E-state index contributed by atoms with van der Waals surface area (Å²) in [5, 5.41) is 0. The number of nitrogens with one attached hydrogen (secondary N) is 2. The number of nitrogens with zero attached hydrogens (tertiary/aromatic N) is 1. The lowest BCUT2D eigenvalue weighted by Crippen LogP contribution is -1.78. The topological polar surface area (TPSA) is 128 Å². The Morgan fingerprint density at radius 1 is 1.43 bits per heavy atom. The van der Waals surface area contributed by atoms with Gasteiger partial charge in [0.25, 0.3) is 0 Å². The van der Waals surface area contributed by atoms with E-state index in [4.69, 9.17) is 20.8 Å². The van der Waals surface area contributed by atoms with Gasteiger partial charge in [0.15, 0.2) is 0 Å². The van der Waals surface area contributed by atoms with Crippen molar-refractivity contribution < 1.29 is 9.79 Å². The van der Waals surface area contributed by atoms with Crippen LogP contribution in [0.1, 0.15) is 0 Å². The molecule has 0 spiro atoms. The molecule has 6 nitrogen and oxygen atoms in total. The molecule has 0 bridgehead atoms.